The molecule has 0 unspecified atom stereocenters. The summed E-state index contributed by atoms with van der Waals surface area (Å²) in [5.74, 6) is 0. The molecule has 0 heterocycles. The van der Waals surface area contributed by atoms with Gasteiger partial charge in [0.05, 0.1) is 16.5 Å². The molecule has 0 bridgehead atoms. The van der Waals surface area contributed by atoms with Crippen molar-refractivity contribution in [1.82, 2.24) is 10.3 Å². The number of nitrogens with two attached hydrogens (primary N) is 1. The molecular weight excluding hydrogens is 248 g/mol. The highest BCUT2D eigenvalue weighted by Crippen LogP contribution is 2.09. The molecule has 4 N–H and O–H groups in total. The van der Waals surface area contributed by atoms with Gasteiger partial charge < -0.3 is 5.73 Å². The number of nitrogens with zero attached hydrogens (tertiary/aromatic N) is 1. The van der Waals surface area contributed by atoms with Crippen molar-refractivity contribution >= 4 is 27.4 Å². The second-order valence-corrected chi connectivity index (χ2v) is 4.86. The Hall–Kier alpha value is -1.69. The third kappa shape index (κ3) is 3.16. The molecule has 0 aromatic heterocycles. The van der Waals surface area contributed by atoms with E-state index in [1.807, 2.05) is 10.9 Å². The number of nitrogens with one attached hydrogen (secondary N) is 2. The number of thiocarbonyl (C=S) groups is 1. The van der Waals surface area contributed by atoms with Crippen molar-refractivity contribution < 1.29 is 8.42 Å². The standard InChI is InChI=1S/C8H8N4O2S2/c9-5-6-2-1-3-7(4-6)16(13,14)12-11-8(10)15/h1-4,12H,(H3,10,11,15). The number of hydrogen-bond acceptors (Lipinski definition) is 4. The van der Waals surface area contributed by atoms with E-state index >= 15 is 0 Å². The number of hydrazine groups is 1. The zero-order valence-corrected chi connectivity index (χ0v) is 9.60. The summed E-state index contributed by atoms with van der Waals surface area (Å²) in [4.78, 5) is 1.93. The molecule has 8 heteroatoms. The van der Waals surface area contributed by atoms with Crippen molar-refractivity contribution in [2.75, 3.05) is 0 Å². The summed E-state index contributed by atoms with van der Waals surface area (Å²) in [6.07, 6.45) is 0. The maximum atomic E-state index is 11.6. The zero-order chi connectivity index (χ0) is 12.2. The average molecular weight is 256 g/mol. The van der Waals surface area contributed by atoms with Crippen LogP contribution in [0.15, 0.2) is 29.2 Å². The van der Waals surface area contributed by atoms with Gasteiger partial charge in [-0.3, -0.25) is 5.43 Å². The fourth-order valence-corrected chi connectivity index (χ4v) is 1.93. The SMILES string of the molecule is N#Cc1cccc(S(=O)(=O)NNC(N)=S)c1. The molecule has 1 aromatic carbocycles. The van der Waals surface area contributed by atoms with Crippen LogP contribution in [0.3, 0.4) is 0 Å². The van der Waals surface area contributed by atoms with E-state index in [1.165, 1.54) is 24.3 Å². The van der Waals surface area contributed by atoms with Gasteiger partial charge >= 0.3 is 0 Å². The molecule has 16 heavy (non-hydrogen) atoms. The van der Waals surface area contributed by atoms with Gasteiger partial charge in [0.25, 0.3) is 10.0 Å². The van der Waals surface area contributed by atoms with Crippen molar-refractivity contribution in [3.63, 3.8) is 0 Å². The first-order valence-corrected chi connectivity index (χ1v) is 5.92. The summed E-state index contributed by atoms with van der Waals surface area (Å²) in [6.45, 7) is 0. The van der Waals surface area contributed by atoms with Crippen LogP contribution in [0, 0.1) is 11.3 Å². The topological polar surface area (TPSA) is 108 Å². The molecule has 0 amide bonds. The van der Waals surface area contributed by atoms with Crippen LogP contribution in [-0.2, 0) is 10.0 Å². The second kappa shape index (κ2) is 4.89. The number of hydrogen-bond donors (Lipinski definition) is 3. The Labute approximate surface area is 98.1 Å². The Balaban J connectivity index is 2.99. The Morgan fingerprint density at radius 2 is 2.19 bits per heavy atom. The summed E-state index contributed by atoms with van der Waals surface area (Å²) in [5.41, 5.74) is 7.43. The van der Waals surface area contributed by atoms with Gasteiger partial charge in [-0.15, -0.1) is 4.83 Å². The van der Waals surface area contributed by atoms with Crippen molar-refractivity contribution in [1.29, 1.82) is 5.26 Å². The van der Waals surface area contributed by atoms with E-state index in [1.54, 1.807) is 0 Å². The highest BCUT2D eigenvalue weighted by Gasteiger charge is 2.13. The van der Waals surface area contributed by atoms with Gasteiger partial charge in [0.2, 0.25) is 0 Å². The molecule has 0 aliphatic carbocycles. The maximum Gasteiger partial charge on any atom is 0.257 e. The molecule has 6 nitrogen and oxygen atoms in total. The van der Waals surface area contributed by atoms with E-state index in [0.29, 0.717) is 0 Å². The van der Waals surface area contributed by atoms with Gasteiger partial charge in [-0.05, 0) is 30.4 Å². The quantitative estimate of drug-likeness (QED) is 0.501. The molecule has 0 radical (unpaired) electrons. The molecule has 1 aromatic rings. The summed E-state index contributed by atoms with van der Waals surface area (Å²) in [6, 6.07) is 7.40. The summed E-state index contributed by atoms with van der Waals surface area (Å²) >= 11 is 4.45. The molecule has 0 spiro atoms. The monoisotopic (exact) mass is 256 g/mol. The van der Waals surface area contributed by atoms with Crippen molar-refractivity contribution in [3.8, 4) is 6.07 Å². The molecule has 0 atom stereocenters. The third-order valence-electron chi connectivity index (χ3n) is 1.58. The van der Waals surface area contributed by atoms with Crippen LogP contribution >= 0.6 is 12.2 Å². The third-order valence-corrected chi connectivity index (χ3v) is 2.93. The predicted octanol–water partition coefficient (Wildman–Crippen LogP) is -0.415. The van der Waals surface area contributed by atoms with Crippen LogP contribution in [0.5, 0.6) is 0 Å². The Bertz CT molecular complexity index is 547. The van der Waals surface area contributed by atoms with Crippen LogP contribution in [-0.4, -0.2) is 13.5 Å². The second-order valence-electron chi connectivity index (χ2n) is 2.73. The Kier molecular flexibility index (Phi) is 3.78. The fourth-order valence-electron chi connectivity index (χ4n) is 0.909. The van der Waals surface area contributed by atoms with E-state index in [0.717, 1.165) is 0 Å². The first kappa shape index (κ1) is 12.4. The highest BCUT2D eigenvalue weighted by atomic mass is 32.2. The molecule has 0 saturated carbocycles. The lowest BCUT2D eigenvalue weighted by Crippen LogP contribution is -2.44. The zero-order valence-electron chi connectivity index (χ0n) is 7.97. The number of nitriles is 1. The predicted molar refractivity (Wildman–Crippen MR) is 61.4 cm³/mol. The van der Waals surface area contributed by atoms with Crippen LogP contribution in [0.4, 0.5) is 0 Å². The minimum Gasteiger partial charge on any atom is -0.375 e. The maximum absolute atomic E-state index is 11.6. The Morgan fingerprint density at radius 3 is 2.75 bits per heavy atom. The van der Waals surface area contributed by atoms with E-state index in [4.69, 9.17) is 11.0 Å². The van der Waals surface area contributed by atoms with E-state index in [-0.39, 0.29) is 15.6 Å². The van der Waals surface area contributed by atoms with E-state index in [9.17, 15) is 8.42 Å². The first-order chi connectivity index (χ1) is 7.45. The lowest BCUT2D eigenvalue weighted by molar-refractivity contribution is 0.577. The minimum absolute atomic E-state index is 0.0460. The van der Waals surface area contributed by atoms with Gasteiger partial charge in [-0.1, -0.05) is 6.07 Å². The van der Waals surface area contributed by atoms with Crippen molar-refractivity contribution in [3.05, 3.63) is 29.8 Å². The van der Waals surface area contributed by atoms with Gasteiger partial charge in [0.15, 0.2) is 5.11 Å². The molecular formula is C8H8N4O2S2. The van der Waals surface area contributed by atoms with Crippen molar-refractivity contribution in [2.24, 2.45) is 5.73 Å². The molecule has 84 valence electrons. The largest absolute Gasteiger partial charge is 0.375 e. The fraction of sp³-hybridized carbons (Fsp3) is 0. The molecule has 0 aliphatic rings. The van der Waals surface area contributed by atoms with Gasteiger partial charge in [0, 0.05) is 0 Å². The summed E-state index contributed by atoms with van der Waals surface area (Å²) in [7, 11) is -3.77. The first-order valence-electron chi connectivity index (χ1n) is 4.03. The lowest BCUT2D eigenvalue weighted by Gasteiger charge is -2.07. The molecule has 0 fully saturated rings. The number of sulfonamides is 1. The summed E-state index contributed by atoms with van der Waals surface area (Å²) < 4.78 is 23.2. The molecule has 1 rings (SSSR count). The number of benzene rings is 1. The average Bonchev–Trinajstić information content (AvgIpc) is 2.27. The Morgan fingerprint density at radius 1 is 1.50 bits per heavy atom. The van der Waals surface area contributed by atoms with Crippen LogP contribution in [0.25, 0.3) is 0 Å². The van der Waals surface area contributed by atoms with Crippen LogP contribution < -0.4 is 16.0 Å². The smallest absolute Gasteiger partial charge is 0.257 e. The summed E-state index contributed by atoms with van der Waals surface area (Å²) in [5, 5.41) is 8.43. The highest BCUT2D eigenvalue weighted by molar-refractivity contribution is 7.89. The molecule has 0 saturated heterocycles. The lowest BCUT2D eigenvalue weighted by atomic mass is 10.2. The van der Waals surface area contributed by atoms with Gasteiger partial charge in [-0.25, -0.2) is 8.42 Å². The molecule has 0 aliphatic heterocycles. The van der Waals surface area contributed by atoms with Crippen LogP contribution in [0.1, 0.15) is 5.56 Å². The van der Waals surface area contributed by atoms with Gasteiger partial charge in [0.1, 0.15) is 0 Å². The normalized spacial score (nSPS) is 10.4. The van der Waals surface area contributed by atoms with E-state index in [2.05, 4.69) is 17.6 Å². The minimum atomic E-state index is -3.77. The van der Waals surface area contributed by atoms with Gasteiger partial charge in [-0.2, -0.15) is 5.26 Å². The van der Waals surface area contributed by atoms with E-state index < -0.39 is 10.0 Å². The van der Waals surface area contributed by atoms with Crippen LogP contribution in [0.2, 0.25) is 0 Å². The van der Waals surface area contributed by atoms with Crippen molar-refractivity contribution in [2.45, 2.75) is 4.90 Å². The number of rotatable bonds is 3.